The van der Waals surface area contributed by atoms with Crippen molar-refractivity contribution in [2.75, 3.05) is 0 Å². The molecule has 0 aliphatic carbocycles. The zero-order valence-electron chi connectivity index (χ0n) is 8.09. The van der Waals surface area contributed by atoms with Crippen LogP contribution < -0.4 is 0 Å². The third-order valence-electron chi connectivity index (χ3n) is 1.87. The molecule has 0 unspecified atom stereocenters. The van der Waals surface area contributed by atoms with Crippen LogP contribution in [0.3, 0.4) is 0 Å². The molecule has 64 valence electrons. The lowest BCUT2D eigenvalue weighted by Gasteiger charge is -2.01. The summed E-state index contributed by atoms with van der Waals surface area (Å²) < 4.78 is 0. The van der Waals surface area contributed by atoms with E-state index < -0.39 is 0 Å². The van der Waals surface area contributed by atoms with Crippen molar-refractivity contribution in [2.45, 2.75) is 27.2 Å². The van der Waals surface area contributed by atoms with Crippen molar-refractivity contribution in [3.8, 4) is 0 Å². The SMILES string of the molecule is C/C=C/Cc1cc(C)cc(C)c1. The highest BCUT2D eigenvalue weighted by molar-refractivity contribution is 5.29. The average molecular weight is 160 g/mol. The molecule has 0 atom stereocenters. The zero-order chi connectivity index (χ0) is 8.97. The van der Waals surface area contributed by atoms with Crippen molar-refractivity contribution in [2.24, 2.45) is 0 Å². The highest BCUT2D eigenvalue weighted by Gasteiger charge is 1.92. The van der Waals surface area contributed by atoms with Crippen LogP contribution in [-0.4, -0.2) is 0 Å². The number of aryl methyl sites for hydroxylation is 2. The first-order valence-corrected chi connectivity index (χ1v) is 4.40. The zero-order valence-corrected chi connectivity index (χ0v) is 8.09. The molecule has 0 aliphatic heterocycles. The second kappa shape index (κ2) is 4.10. The van der Waals surface area contributed by atoms with Crippen molar-refractivity contribution in [1.29, 1.82) is 0 Å². The molecule has 0 aromatic heterocycles. The van der Waals surface area contributed by atoms with E-state index >= 15 is 0 Å². The summed E-state index contributed by atoms with van der Waals surface area (Å²) in [5.41, 5.74) is 4.12. The van der Waals surface area contributed by atoms with E-state index in [1.54, 1.807) is 0 Å². The first kappa shape index (κ1) is 9.05. The van der Waals surface area contributed by atoms with E-state index in [0.717, 1.165) is 6.42 Å². The van der Waals surface area contributed by atoms with Crippen LogP contribution in [0.4, 0.5) is 0 Å². The fourth-order valence-electron chi connectivity index (χ4n) is 1.44. The van der Waals surface area contributed by atoms with Gasteiger partial charge in [-0.3, -0.25) is 0 Å². The van der Waals surface area contributed by atoms with Gasteiger partial charge < -0.3 is 0 Å². The van der Waals surface area contributed by atoms with Gasteiger partial charge in [0.1, 0.15) is 0 Å². The van der Waals surface area contributed by atoms with E-state index in [2.05, 4.69) is 51.1 Å². The van der Waals surface area contributed by atoms with Crippen molar-refractivity contribution in [3.63, 3.8) is 0 Å². The summed E-state index contributed by atoms with van der Waals surface area (Å²) in [6.45, 7) is 6.35. The Morgan fingerprint density at radius 3 is 2.17 bits per heavy atom. The van der Waals surface area contributed by atoms with Gasteiger partial charge in [0.15, 0.2) is 0 Å². The quantitative estimate of drug-likeness (QED) is 0.581. The van der Waals surface area contributed by atoms with Crippen molar-refractivity contribution >= 4 is 0 Å². The maximum absolute atomic E-state index is 2.24. The van der Waals surface area contributed by atoms with Crippen LogP contribution in [0.2, 0.25) is 0 Å². The molecule has 0 N–H and O–H groups in total. The minimum Gasteiger partial charge on any atom is -0.0913 e. The van der Waals surface area contributed by atoms with E-state index in [0.29, 0.717) is 0 Å². The molecule has 0 bridgehead atoms. The monoisotopic (exact) mass is 160 g/mol. The van der Waals surface area contributed by atoms with Gasteiger partial charge in [-0.2, -0.15) is 0 Å². The van der Waals surface area contributed by atoms with Gasteiger partial charge in [-0.1, -0.05) is 41.5 Å². The second-order valence-corrected chi connectivity index (χ2v) is 3.27. The molecule has 0 heteroatoms. The van der Waals surface area contributed by atoms with Crippen LogP contribution in [0.15, 0.2) is 30.4 Å². The molecule has 0 saturated carbocycles. The largest absolute Gasteiger partial charge is 0.0913 e. The predicted octanol–water partition coefficient (Wildman–Crippen LogP) is 3.42. The Hall–Kier alpha value is -1.04. The minimum absolute atomic E-state index is 1.05. The Labute approximate surface area is 74.9 Å². The summed E-state index contributed by atoms with van der Waals surface area (Å²) in [5.74, 6) is 0. The Bertz CT molecular complexity index is 262. The van der Waals surface area contributed by atoms with Gasteiger partial charge >= 0.3 is 0 Å². The van der Waals surface area contributed by atoms with E-state index in [1.807, 2.05) is 0 Å². The molecule has 0 heterocycles. The second-order valence-electron chi connectivity index (χ2n) is 3.27. The summed E-state index contributed by atoms with van der Waals surface area (Å²) in [7, 11) is 0. The van der Waals surface area contributed by atoms with Crippen LogP contribution in [0, 0.1) is 13.8 Å². The molecule has 0 fully saturated rings. The van der Waals surface area contributed by atoms with Gasteiger partial charge in [0.25, 0.3) is 0 Å². The van der Waals surface area contributed by atoms with E-state index in [-0.39, 0.29) is 0 Å². The topological polar surface area (TPSA) is 0 Å². The van der Waals surface area contributed by atoms with Crippen molar-refractivity contribution < 1.29 is 0 Å². The Balaban J connectivity index is 2.85. The van der Waals surface area contributed by atoms with Gasteiger partial charge in [-0.15, -0.1) is 0 Å². The Kier molecular flexibility index (Phi) is 3.09. The average Bonchev–Trinajstić information content (AvgIpc) is 1.99. The summed E-state index contributed by atoms with van der Waals surface area (Å²) in [6.07, 6.45) is 5.34. The summed E-state index contributed by atoms with van der Waals surface area (Å²) in [4.78, 5) is 0. The molecule has 0 aliphatic rings. The van der Waals surface area contributed by atoms with E-state index in [9.17, 15) is 0 Å². The molecule has 0 amide bonds. The molecular formula is C12H16. The summed E-state index contributed by atoms with van der Waals surface area (Å²) in [5, 5.41) is 0. The van der Waals surface area contributed by atoms with Crippen LogP contribution in [0.5, 0.6) is 0 Å². The van der Waals surface area contributed by atoms with Crippen LogP contribution in [0.25, 0.3) is 0 Å². The van der Waals surface area contributed by atoms with Crippen LogP contribution in [-0.2, 0) is 6.42 Å². The molecular weight excluding hydrogens is 144 g/mol. The molecule has 1 rings (SSSR count). The number of rotatable bonds is 2. The normalized spacial score (nSPS) is 10.9. The Morgan fingerprint density at radius 2 is 1.67 bits per heavy atom. The Morgan fingerprint density at radius 1 is 1.08 bits per heavy atom. The fourth-order valence-corrected chi connectivity index (χ4v) is 1.44. The highest BCUT2D eigenvalue weighted by atomic mass is 14.0. The molecule has 0 spiro atoms. The third kappa shape index (κ3) is 2.54. The van der Waals surface area contributed by atoms with Crippen molar-refractivity contribution in [3.05, 3.63) is 47.0 Å². The number of benzene rings is 1. The fraction of sp³-hybridized carbons (Fsp3) is 0.333. The summed E-state index contributed by atoms with van der Waals surface area (Å²) in [6, 6.07) is 6.69. The van der Waals surface area contributed by atoms with Gasteiger partial charge in [0, 0.05) is 0 Å². The lowest BCUT2D eigenvalue weighted by molar-refractivity contribution is 1.22. The highest BCUT2D eigenvalue weighted by Crippen LogP contribution is 2.09. The molecule has 1 aromatic rings. The number of hydrogen-bond acceptors (Lipinski definition) is 0. The van der Waals surface area contributed by atoms with E-state index in [4.69, 9.17) is 0 Å². The smallest absolute Gasteiger partial charge is 0.00974 e. The molecule has 12 heavy (non-hydrogen) atoms. The molecule has 0 radical (unpaired) electrons. The third-order valence-corrected chi connectivity index (χ3v) is 1.87. The minimum atomic E-state index is 1.05. The first-order valence-electron chi connectivity index (χ1n) is 4.40. The molecule has 1 aromatic carbocycles. The number of allylic oxidation sites excluding steroid dienone is 2. The van der Waals surface area contributed by atoms with Gasteiger partial charge in [0.05, 0.1) is 0 Å². The molecule has 0 saturated heterocycles. The standard InChI is InChI=1S/C12H16/c1-4-5-6-12-8-10(2)7-11(3)9-12/h4-5,7-9H,6H2,1-3H3/b5-4+. The first-order chi connectivity index (χ1) is 5.72. The van der Waals surface area contributed by atoms with Crippen LogP contribution in [0.1, 0.15) is 23.6 Å². The maximum atomic E-state index is 2.24. The van der Waals surface area contributed by atoms with Gasteiger partial charge in [0.2, 0.25) is 0 Å². The predicted molar refractivity (Wildman–Crippen MR) is 54.4 cm³/mol. The van der Waals surface area contributed by atoms with Gasteiger partial charge in [-0.05, 0) is 32.8 Å². The van der Waals surface area contributed by atoms with Crippen LogP contribution >= 0.6 is 0 Å². The van der Waals surface area contributed by atoms with Crippen molar-refractivity contribution in [1.82, 2.24) is 0 Å². The lowest BCUT2D eigenvalue weighted by atomic mass is 10.1. The molecule has 0 nitrogen and oxygen atoms in total. The maximum Gasteiger partial charge on any atom is -0.00974 e. The summed E-state index contributed by atoms with van der Waals surface area (Å²) >= 11 is 0. The lowest BCUT2D eigenvalue weighted by Crippen LogP contribution is -1.84. The van der Waals surface area contributed by atoms with E-state index in [1.165, 1.54) is 16.7 Å². The number of hydrogen-bond donors (Lipinski definition) is 0. The van der Waals surface area contributed by atoms with Gasteiger partial charge in [-0.25, -0.2) is 0 Å².